The van der Waals surface area contributed by atoms with E-state index in [2.05, 4.69) is 14.7 Å². The predicted octanol–water partition coefficient (Wildman–Crippen LogP) is 2.11. The maximum absolute atomic E-state index is 12.4. The zero-order valence-electron chi connectivity index (χ0n) is 12.5. The highest BCUT2D eigenvalue weighted by molar-refractivity contribution is 7.92. The molecule has 8 heteroatoms. The molecule has 0 aliphatic heterocycles. The smallest absolute Gasteiger partial charge is 0.262 e. The number of nitrogens with one attached hydrogen (secondary N) is 1. The van der Waals surface area contributed by atoms with Gasteiger partial charge < -0.3 is 11.5 Å². The van der Waals surface area contributed by atoms with Gasteiger partial charge in [0.1, 0.15) is 11.6 Å². The van der Waals surface area contributed by atoms with Gasteiger partial charge in [-0.05, 0) is 30.3 Å². The lowest BCUT2D eigenvalue weighted by Gasteiger charge is -2.11. The van der Waals surface area contributed by atoms with Crippen molar-refractivity contribution in [1.29, 1.82) is 0 Å². The second-order valence-electron chi connectivity index (χ2n) is 5.05. The fourth-order valence-corrected chi connectivity index (χ4v) is 3.18. The van der Waals surface area contributed by atoms with Crippen molar-refractivity contribution in [2.45, 2.75) is 4.90 Å². The van der Waals surface area contributed by atoms with E-state index in [1.807, 2.05) is 0 Å². The average Bonchev–Trinajstić information content (AvgIpc) is 2.58. The Bertz CT molecular complexity index is 958. The van der Waals surface area contributed by atoms with Crippen LogP contribution in [0, 0.1) is 0 Å². The second-order valence-corrected chi connectivity index (χ2v) is 6.73. The first-order chi connectivity index (χ1) is 11.5. The molecule has 0 aliphatic rings. The minimum Gasteiger partial charge on any atom is -0.384 e. The van der Waals surface area contributed by atoms with Crippen LogP contribution in [0.5, 0.6) is 0 Å². The normalized spacial score (nSPS) is 11.2. The number of aromatic nitrogens is 2. The van der Waals surface area contributed by atoms with Crippen LogP contribution >= 0.6 is 0 Å². The molecular formula is C16H15N5O2S. The standard InChI is InChI=1S/C16H15N5O2S/c17-15-7-6-11(9-19-15)12-8-14(16(18)20-10-12)21-24(22,23)13-4-2-1-3-5-13/h1-10,21H,(H2,17,19)(H2,18,20). The molecular weight excluding hydrogens is 326 g/mol. The van der Waals surface area contributed by atoms with E-state index < -0.39 is 10.0 Å². The molecule has 5 N–H and O–H groups in total. The van der Waals surface area contributed by atoms with Gasteiger partial charge in [-0.25, -0.2) is 18.4 Å². The largest absolute Gasteiger partial charge is 0.384 e. The van der Waals surface area contributed by atoms with Gasteiger partial charge in [0.2, 0.25) is 0 Å². The fraction of sp³-hybridized carbons (Fsp3) is 0. The summed E-state index contributed by atoms with van der Waals surface area (Å²) in [5, 5.41) is 0. The first kappa shape index (κ1) is 15.8. The van der Waals surface area contributed by atoms with Crippen LogP contribution in [0.3, 0.4) is 0 Å². The number of hydrogen-bond acceptors (Lipinski definition) is 6. The molecule has 1 aromatic carbocycles. The van der Waals surface area contributed by atoms with Crippen LogP contribution < -0.4 is 16.2 Å². The Hall–Kier alpha value is -3.13. The van der Waals surface area contributed by atoms with Gasteiger partial charge in [0.15, 0.2) is 0 Å². The van der Waals surface area contributed by atoms with Crippen LogP contribution in [0.1, 0.15) is 0 Å². The molecule has 0 saturated carbocycles. The van der Waals surface area contributed by atoms with Crippen molar-refractivity contribution in [1.82, 2.24) is 9.97 Å². The molecule has 0 amide bonds. The van der Waals surface area contributed by atoms with Gasteiger partial charge >= 0.3 is 0 Å². The van der Waals surface area contributed by atoms with E-state index in [9.17, 15) is 8.42 Å². The quantitative estimate of drug-likeness (QED) is 0.667. The number of benzene rings is 1. The summed E-state index contributed by atoms with van der Waals surface area (Å²) in [4.78, 5) is 8.20. The van der Waals surface area contributed by atoms with E-state index >= 15 is 0 Å². The highest BCUT2D eigenvalue weighted by Gasteiger charge is 2.16. The number of hydrogen-bond donors (Lipinski definition) is 3. The van der Waals surface area contributed by atoms with Gasteiger partial charge in [0.25, 0.3) is 10.0 Å². The summed E-state index contributed by atoms with van der Waals surface area (Å²) in [5.74, 6) is 0.480. The van der Waals surface area contributed by atoms with E-state index in [1.54, 1.807) is 48.8 Å². The molecule has 24 heavy (non-hydrogen) atoms. The number of nitrogen functional groups attached to an aromatic ring is 2. The van der Waals surface area contributed by atoms with E-state index in [1.165, 1.54) is 12.1 Å². The topological polar surface area (TPSA) is 124 Å². The van der Waals surface area contributed by atoms with Crippen LogP contribution in [0.25, 0.3) is 11.1 Å². The van der Waals surface area contributed by atoms with Crippen molar-refractivity contribution in [3.63, 3.8) is 0 Å². The summed E-state index contributed by atoms with van der Waals surface area (Å²) in [5.41, 5.74) is 13.0. The lowest BCUT2D eigenvalue weighted by atomic mass is 10.1. The van der Waals surface area contributed by atoms with Crippen LogP contribution in [0.15, 0.2) is 65.8 Å². The Morgan fingerprint density at radius 1 is 0.875 bits per heavy atom. The third-order valence-corrected chi connectivity index (χ3v) is 4.72. The molecule has 0 atom stereocenters. The summed E-state index contributed by atoms with van der Waals surface area (Å²) < 4.78 is 27.3. The molecule has 0 aliphatic carbocycles. The Morgan fingerprint density at radius 3 is 2.25 bits per heavy atom. The molecule has 0 unspecified atom stereocenters. The van der Waals surface area contributed by atoms with Gasteiger partial charge in [0.05, 0.1) is 10.6 Å². The third kappa shape index (κ3) is 3.28. The van der Waals surface area contributed by atoms with Gasteiger partial charge in [-0.2, -0.15) is 0 Å². The van der Waals surface area contributed by atoms with Gasteiger partial charge in [-0.3, -0.25) is 4.72 Å². The van der Waals surface area contributed by atoms with Crippen molar-refractivity contribution >= 4 is 27.3 Å². The molecule has 122 valence electrons. The van der Waals surface area contributed by atoms with E-state index in [-0.39, 0.29) is 16.4 Å². The number of nitrogens with two attached hydrogens (primary N) is 2. The first-order valence-electron chi connectivity index (χ1n) is 7.01. The summed E-state index contributed by atoms with van der Waals surface area (Å²) in [6, 6.07) is 13.1. The van der Waals surface area contributed by atoms with Gasteiger partial charge in [0, 0.05) is 23.5 Å². The summed E-state index contributed by atoms with van der Waals surface area (Å²) >= 11 is 0. The summed E-state index contributed by atoms with van der Waals surface area (Å²) in [7, 11) is -3.75. The van der Waals surface area contributed by atoms with Crippen LogP contribution in [0.4, 0.5) is 17.3 Å². The first-order valence-corrected chi connectivity index (χ1v) is 8.49. The van der Waals surface area contributed by atoms with Crippen LogP contribution in [-0.2, 0) is 10.0 Å². The highest BCUT2D eigenvalue weighted by Crippen LogP contribution is 2.27. The molecule has 0 saturated heterocycles. The molecule has 0 radical (unpaired) electrons. The minimum absolute atomic E-state index is 0.0849. The van der Waals surface area contributed by atoms with Gasteiger partial charge in [-0.1, -0.05) is 18.2 Å². The van der Waals surface area contributed by atoms with Crippen LogP contribution in [0.2, 0.25) is 0 Å². The zero-order valence-corrected chi connectivity index (χ0v) is 13.4. The van der Waals surface area contributed by atoms with E-state index in [4.69, 9.17) is 11.5 Å². The minimum atomic E-state index is -3.75. The van der Waals surface area contributed by atoms with Crippen molar-refractivity contribution in [2.24, 2.45) is 0 Å². The van der Waals surface area contributed by atoms with Gasteiger partial charge in [-0.15, -0.1) is 0 Å². The molecule has 2 heterocycles. The van der Waals surface area contributed by atoms with Crippen molar-refractivity contribution in [2.75, 3.05) is 16.2 Å². The number of sulfonamides is 1. The van der Waals surface area contributed by atoms with E-state index in [0.717, 1.165) is 5.56 Å². The molecule has 7 nitrogen and oxygen atoms in total. The number of rotatable bonds is 4. The number of anilines is 3. The monoisotopic (exact) mass is 341 g/mol. The fourth-order valence-electron chi connectivity index (χ4n) is 2.09. The van der Waals surface area contributed by atoms with Crippen LogP contribution in [-0.4, -0.2) is 18.4 Å². The Kier molecular flexibility index (Phi) is 4.05. The second kappa shape index (κ2) is 6.17. The van der Waals surface area contributed by atoms with Crippen molar-refractivity contribution in [3.8, 4) is 11.1 Å². The summed E-state index contributed by atoms with van der Waals surface area (Å²) in [6.45, 7) is 0. The Labute approximate surface area is 139 Å². The molecule has 3 rings (SSSR count). The lowest BCUT2D eigenvalue weighted by Crippen LogP contribution is -2.14. The molecule has 3 aromatic rings. The molecule has 0 fully saturated rings. The average molecular weight is 341 g/mol. The summed E-state index contributed by atoms with van der Waals surface area (Å²) in [6.07, 6.45) is 3.13. The number of nitrogens with zero attached hydrogens (tertiary/aromatic N) is 2. The number of pyridine rings is 2. The Morgan fingerprint density at radius 2 is 1.58 bits per heavy atom. The predicted molar refractivity (Wildman–Crippen MR) is 93.5 cm³/mol. The Balaban J connectivity index is 1.97. The highest BCUT2D eigenvalue weighted by atomic mass is 32.2. The van der Waals surface area contributed by atoms with E-state index in [0.29, 0.717) is 11.4 Å². The third-order valence-electron chi connectivity index (χ3n) is 3.34. The molecule has 2 aromatic heterocycles. The maximum Gasteiger partial charge on any atom is 0.262 e. The SMILES string of the molecule is Nc1ccc(-c2cnc(N)c(NS(=O)(=O)c3ccccc3)c2)cn1. The van der Waals surface area contributed by atoms with Crippen molar-refractivity contribution < 1.29 is 8.42 Å². The molecule has 0 spiro atoms. The zero-order chi connectivity index (χ0) is 17.2. The maximum atomic E-state index is 12.4. The lowest BCUT2D eigenvalue weighted by molar-refractivity contribution is 0.601. The van der Waals surface area contributed by atoms with Crippen molar-refractivity contribution in [3.05, 3.63) is 60.9 Å². The molecule has 0 bridgehead atoms.